The third-order valence-corrected chi connectivity index (χ3v) is 11.2. The van der Waals surface area contributed by atoms with Crippen molar-refractivity contribution in [2.75, 3.05) is 0 Å². The van der Waals surface area contributed by atoms with Gasteiger partial charge in [0.25, 0.3) is 0 Å². The van der Waals surface area contributed by atoms with Gasteiger partial charge in [0.2, 0.25) is 0 Å². The molecule has 0 aliphatic rings. The highest BCUT2D eigenvalue weighted by Gasteiger charge is 2.13. The highest BCUT2D eigenvalue weighted by atomic mass is 32.1. The van der Waals surface area contributed by atoms with Gasteiger partial charge in [0.05, 0.1) is 0 Å². The van der Waals surface area contributed by atoms with Crippen molar-refractivity contribution in [2.45, 2.75) is 0 Å². The molecule has 0 aliphatic carbocycles. The number of rotatable bonds is 2. The van der Waals surface area contributed by atoms with Crippen molar-refractivity contribution < 1.29 is 0 Å². The Labute approximate surface area is 237 Å². The van der Waals surface area contributed by atoms with Gasteiger partial charge in [0, 0.05) is 39.3 Å². The summed E-state index contributed by atoms with van der Waals surface area (Å²) in [5.41, 5.74) is 2.59. The summed E-state index contributed by atoms with van der Waals surface area (Å²) in [7, 11) is 0. The zero-order chi connectivity index (χ0) is 25.5. The lowest BCUT2D eigenvalue weighted by Gasteiger charge is -2.01. The maximum Gasteiger partial charge on any atom is 0.0369 e. The minimum absolute atomic E-state index is 1.29. The molecular formula is C36H20S3. The predicted octanol–water partition coefficient (Wildman–Crippen LogP) is 12.1. The molecule has 3 heterocycles. The average molecular weight is 549 g/mol. The first-order chi connectivity index (χ1) is 19.2. The van der Waals surface area contributed by atoms with Crippen molar-refractivity contribution >= 4 is 95.9 Å². The molecule has 0 bridgehead atoms. The second-order valence-corrected chi connectivity index (χ2v) is 13.5. The van der Waals surface area contributed by atoms with Crippen LogP contribution in [0, 0.1) is 0 Å². The van der Waals surface area contributed by atoms with Gasteiger partial charge in [-0.25, -0.2) is 0 Å². The Morgan fingerprint density at radius 2 is 0.769 bits per heavy atom. The first-order valence-electron chi connectivity index (χ1n) is 13.1. The van der Waals surface area contributed by atoms with Crippen LogP contribution in [0.5, 0.6) is 0 Å². The predicted molar refractivity (Wildman–Crippen MR) is 176 cm³/mol. The molecule has 182 valence electrons. The van der Waals surface area contributed by atoms with Gasteiger partial charge in [0.15, 0.2) is 0 Å². The van der Waals surface area contributed by atoms with Crippen molar-refractivity contribution in [3.05, 3.63) is 121 Å². The minimum atomic E-state index is 1.29. The van der Waals surface area contributed by atoms with Gasteiger partial charge in [-0.1, -0.05) is 72.8 Å². The molecule has 0 saturated heterocycles. The Morgan fingerprint density at radius 3 is 1.26 bits per heavy atom. The van der Waals surface area contributed by atoms with E-state index in [2.05, 4.69) is 121 Å². The summed E-state index contributed by atoms with van der Waals surface area (Å²) in [4.78, 5) is 2.66. The van der Waals surface area contributed by atoms with Gasteiger partial charge in [-0.05, 0) is 92.0 Å². The van der Waals surface area contributed by atoms with Crippen molar-refractivity contribution in [2.24, 2.45) is 0 Å². The standard InChI is InChI=1S/C36H20S3/c1-3-7-23-13-25(11-9-21(23)5-1)31-17-27-15-29-30-16-28-18-32(26-12-10-22-6-2-4-8-24(22)14-26)38-34(28)20-36(30)39-35(29)19-33(27)37-31/h1-20H. The van der Waals surface area contributed by atoms with Crippen LogP contribution in [-0.2, 0) is 0 Å². The normalized spacial score (nSPS) is 12.1. The number of thiophene rings is 3. The summed E-state index contributed by atoms with van der Waals surface area (Å²) in [6.07, 6.45) is 0. The van der Waals surface area contributed by atoms with E-state index in [-0.39, 0.29) is 0 Å². The quantitative estimate of drug-likeness (QED) is 0.201. The van der Waals surface area contributed by atoms with E-state index >= 15 is 0 Å². The molecule has 0 atom stereocenters. The van der Waals surface area contributed by atoms with Crippen LogP contribution >= 0.6 is 34.0 Å². The van der Waals surface area contributed by atoms with Crippen molar-refractivity contribution in [1.29, 1.82) is 0 Å². The molecule has 0 saturated carbocycles. The fourth-order valence-corrected chi connectivity index (χ4v) is 9.27. The van der Waals surface area contributed by atoms with Gasteiger partial charge in [-0.2, -0.15) is 0 Å². The summed E-state index contributed by atoms with van der Waals surface area (Å²) in [6.45, 7) is 0. The van der Waals surface area contributed by atoms with E-state index in [4.69, 9.17) is 0 Å². The van der Waals surface area contributed by atoms with Crippen LogP contribution in [0.4, 0.5) is 0 Å². The first kappa shape index (κ1) is 21.9. The minimum Gasteiger partial charge on any atom is -0.135 e. The molecule has 0 spiro atoms. The largest absolute Gasteiger partial charge is 0.135 e. The number of fused-ring (bicyclic) bond motifs is 7. The second kappa shape index (κ2) is 8.24. The molecule has 6 aromatic carbocycles. The topological polar surface area (TPSA) is 0 Å². The fourth-order valence-electron chi connectivity index (χ4n) is 5.81. The van der Waals surface area contributed by atoms with E-state index < -0.39 is 0 Å². The highest BCUT2D eigenvalue weighted by molar-refractivity contribution is 7.27. The molecule has 0 unspecified atom stereocenters. The lowest BCUT2D eigenvalue weighted by molar-refractivity contribution is 1.74. The third-order valence-electron chi connectivity index (χ3n) is 7.82. The van der Waals surface area contributed by atoms with Crippen molar-refractivity contribution in [1.82, 2.24) is 0 Å². The molecule has 3 aromatic heterocycles. The van der Waals surface area contributed by atoms with Crippen LogP contribution in [0.1, 0.15) is 0 Å². The van der Waals surface area contributed by atoms with E-state index in [1.807, 2.05) is 34.0 Å². The molecular weight excluding hydrogens is 529 g/mol. The smallest absolute Gasteiger partial charge is 0.0369 e. The Balaban J connectivity index is 1.17. The summed E-state index contributed by atoms with van der Waals surface area (Å²) >= 11 is 5.71. The molecule has 0 nitrogen and oxygen atoms in total. The van der Waals surface area contributed by atoms with Crippen molar-refractivity contribution in [3.8, 4) is 20.9 Å². The van der Waals surface area contributed by atoms with E-state index in [1.54, 1.807) is 0 Å². The number of hydrogen-bond donors (Lipinski definition) is 0. The van der Waals surface area contributed by atoms with Gasteiger partial charge >= 0.3 is 0 Å². The van der Waals surface area contributed by atoms with Crippen LogP contribution in [0.25, 0.3) is 82.8 Å². The monoisotopic (exact) mass is 548 g/mol. The molecule has 9 aromatic rings. The summed E-state index contributed by atoms with van der Waals surface area (Å²) in [5, 5.41) is 10.6. The molecule has 39 heavy (non-hydrogen) atoms. The van der Waals surface area contributed by atoms with Crippen LogP contribution < -0.4 is 0 Å². The van der Waals surface area contributed by atoms with E-state index in [1.165, 1.54) is 82.8 Å². The Bertz CT molecular complexity index is 2230. The summed E-state index contributed by atoms with van der Waals surface area (Å²) < 4.78 is 5.46. The zero-order valence-corrected chi connectivity index (χ0v) is 23.2. The summed E-state index contributed by atoms with van der Waals surface area (Å²) in [5.74, 6) is 0. The number of hydrogen-bond acceptors (Lipinski definition) is 3. The molecule has 3 heteroatoms. The third kappa shape index (κ3) is 3.48. The second-order valence-electron chi connectivity index (χ2n) is 10.2. The zero-order valence-electron chi connectivity index (χ0n) is 20.8. The van der Waals surface area contributed by atoms with Gasteiger partial charge < -0.3 is 0 Å². The van der Waals surface area contributed by atoms with Crippen LogP contribution in [-0.4, -0.2) is 0 Å². The van der Waals surface area contributed by atoms with Crippen molar-refractivity contribution in [3.63, 3.8) is 0 Å². The average Bonchev–Trinajstić information content (AvgIpc) is 3.68. The molecule has 0 aliphatic heterocycles. The molecule has 0 N–H and O–H groups in total. The molecule has 0 radical (unpaired) electrons. The lowest BCUT2D eigenvalue weighted by atomic mass is 10.0. The number of benzene rings is 6. The first-order valence-corrected chi connectivity index (χ1v) is 15.5. The van der Waals surface area contributed by atoms with E-state index in [0.29, 0.717) is 0 Å². The Hall–Kier alpha value is -4.02. The summed E-state index contributed by atoms with van der Waals surface area (Å²) in [6, 6.07) is 45.2. The molecule has 0 amide bonds. The maximum absolute atomic E-state index is 2.41. The van der Waals surface area contributed by atoms with Gasteiger partial charge in [0.1, 0.15) is 0 Å². The molecule has 9 rings (SSSR count). The Kier molecular flexibility index (Phi) is 4.62. The Morgan fingerprint density at radius 1 is 0.308 bits per heavy atom. The van der Waals surface area contributed by atoms with Gasteiger partial charge in [-0.3, -0.25) is 0 Å². The molecule has 0 fully saturated rings. The van der Waals surface area contributed by atoms with Crippen LogP contribution in [0.3, 0.4) is 0 Å². The maximum atomic E-state index is 2.41. The lowest BCUT2D eigenvalue weighted by Crippen LogP contribution is -1.74. The SMILES string of the molecule is c1ccc2cc(-c3cc4cc5c(cc4s3)sc3cc4sc(-c6ccc7ccccc7c6)cc4cc35)ccc2c1. The highest BCUT2D eigenvalue weighted by Crippen LogP contribution is 2.44. The van der Waals surface area contributed by atoms with Gasteiger partial charge in [-0.15, -0.1) is 34.0 Å². The van der Waals surface area contributed by atoms with E-state index in [0.717, 1.165) is 0 Å². The van der Waals surface area contributed by atoms with Crippen LogP contribution in [0.15, 0.2) is 121 Å². The van der Waals surface area contributed by atoms with E-state index in [9.17, 15) is 0 Å². The van der Waals surface area contributed by atoms with Crippen LogP contribution in [0.2, 0.25) is 0 Å². The fraction of sp³-hybridized carbons (Fsp3) is 0.